The van der Waals surface area contributed by atoms with E-state index in [2.05, 4.69) is 26.8 Å². The first kappa shape index (κ1) is 25.2. The summed E-state index contributed by atoms with van der Waals surface area (Å²) in [5, 5.41) is 10.8. The molecule has 2 aromatic heterocycles. The summed E-state index contributed by atoms with van der Waals surface area (Å²) in [5.41, 5.74) is 4.83. The minimum absolute atomic E-state index is 0.0567. The number of likely N-dealkylation sites (tertiary alicyclic amines) is 1. The van der Waals surface area contributed by atoms with Crippen LogP contribution in [0.2, 0.25) is 0 Å². The minimum atomic E-state index is -0.0567. The van der Waals surface area contributed by atoms with Crippen LogP contribution in [0.25, 0.3) is 11.3 Å². The second kappa shape index (κ2) is 11.3. The van der Waals surface area contributed by atoms with Crippen LogP contribution in [0.5, 0.6) is 0 Å². The third-order valence-corrected chi connectivity index (χ3v) is 6.75. The molecule has 196 valence electrons. The number of benzene rings is 1. The van der Waals surface area contributed by atoms with Crippen LogP contribution >= 0.6 is 0 Å². The maximum atomic E-state index is 12.4. The van der Waals surface area contributed by atoms with Crippen molar-refractivity contribution in [3.8, 4) is 11.3 Å². The number of hydrogen-bond donors (Lipinski definition) is 2. The van der Waals surface area contributed by atoms with Crippen molar-refractivity contribution >= 4 is 17.7 Å². The predicted molar refractivity (Wildman–Crippen MR) is 141 cm³/mol. The Morgan fingerprint density at radius 3 is 2.78 bits per heavy atom. The van der Waals surface area contributed by atoms with Crippen LogP contribution in [0.3, 0.4) is 0 Å². The molecule has 1 aromatic carbocycles. The molecule has 10 heteroatoms. The zero-order valence-corrected chi connectivity index (χ0v) is 21.7. The van der Waals surface area contributed by atoms with Gasteiger partial charge in [0.2, 0.25) is 5.95 Å². The van der Waals surface area contributed by atoms with Crippen LogP contribution < -0.4 is 10.6 Å². The Morgan fingerprint density at radius 2 is 2.03 bits per heavy atom. The molecule has 0 unspecified atom stereocenters. The van der Waals surface area contributed by atoms with Crippen molar-refractivity contribution in [1.82, 2.24) is 30.0 Å². The van der Waals surface area contributed by atoms with Gasteiger partial charge in [-0.05, 0) is 56.9 Å². The Hall–Kier alpha value is -3.50. The fourth-order valence-corrected chi connectivity index (χ4v) is 4.67. The van der Waals surface area contributed by atoms with Crippen LogP contribution in [0.1, 0.15) is 43.9 Å². The summed E-state index contributed by atoms with van der Waals surface area (Å²) in [6.45, 7) is 9.38. The lowest BCUT2D eigenvalue weighted by Crippen LogP contribution is -2.58. The number of nitrogens with one attached hydrogen (secondary N) is 2. The third-order valence-electron chi connectivity index (χ3n) is 6.75. The monoisotopic (exact) mass is 505 g/mol. The average Bonchev–Trinajstić information content (AvgIpc) is 3.34. The molecule has 2 fully saturated rings. The van der Waals surface area contributed by atoms with E-state index in [0.717, 1.165) is 54.1 Å². The van der Waals surface area contributed by atoms with Crippen molar-refractivity contribution in [2.45, 2.75) is 58.4 Å². The number of carbonyl (C=O) groups excluding carboxylic acids is 1. The molecule has 0 saturated carbocycles. The van der Waals surface area contributed by atoms with Crippen molar-refractivity contribution < 1.29 is 14.3 Å². The number of nitrogens with zero attached hydrogens (tertiary/aromatic N) is 5. The van der Waals surface area contributed by atoms with E-state index in [1.165, 1.54) is 0 Å². The number of hydrogen-bond acceptors (Lipinski definition) is 7. The molecule has 2 N–H and O–H groups in total. The molecule has 4 heterocycles. The standard InChI is InChI=1S/C27H35N7O3/c1-18(2)37-24-16-33(17-24)27(35)29-13-21-5-4-20(12-19(21)3)25-6-9-28-26(32-25)31-22-14-30-34(15-22)23-7-10-36-11-8-23/h4-6,9,12,14-15,18,23-24H,7-8,10-11,13,16-17H2,1-3H3,(H,29,35)(H,28,31,32). The molecule has 0 aliphatic carbocycles. The molecule has 2 saturated heterocycles. The van der Waals surface area contributed by atoms with E-state index in [9.17, 15) is 4.79 Å². The zero-order chi connectivity index (χ0) is 25.8. The van der Waals surface area contributed by atoms with Gasteiger partial charge in [0.05, 0.1) is 48.9 Å². The third kappa shape index (κ3) is 6.26. The number of aryl methyl sites for hydroxylation is 1. The van der Waals surface area contributed by atoms with Gasteiger partial charge in [-0.3, -0.25) is 4.68 Å². The van der Waals surface area contributed by atoms with Crippen LogP contribution in [-0.4, -0.2) is 69.2 Å². The highest BCUT2D eigenvalue weighted by molar-refractivity contribution is 5.75. The molecule has 0 radical (unpaired) electrons. The number of urea groups is 1. The molecule has 0 spiro atoms. The number of amides is 2. The van der Waals surface area contributed by atoms with Gasteiger partial charge in [-0.2, -0.15) is 5.10 Å². The Morgan fingerprint density at radius 1 is 1.22 bits per heavy atom. The lowest BCUT2D eigenvalue weighted by atomic mass is 10.0. The van der Waals surface area contributed by atoms with Gasteiger partial charge in [-0.25, -0.2) is 14.8 Å². The van der Waals surface area contributed by atoms with Crippen molar-refractivity contribution in [1.29, 1.82) is 0 Å². The van der Waals surface area contributed by atoms with Crippen molar-refractivity contribution in [3.63, 3.8) is 0 Å². The Bertz CT molecular complexity index is 1220. The molecule has 2 aliphatic rings. The summed E-state index contributed by atoms with van der Waals surface area (Å²) in [4.78, 5) is 23.3. The van der Waals surface area contributed by atoms with E-state index >= 15 is 0 Å². The van der Waals surface area contributed by atoms with Gasteiger partial charge in [0.15, 0.2) is 0 Å². The molecule has 3 aromatic rings. The maximum Gasteiger partial charge on any atom is 0.317 e. The summed E-state index contributed by atoms with van der Waals surface area (Å²) < 4.78 is 13.2. The Kier molecular flexibility index (Phi) is 7.66. The first-order chi connectivity index (χ1) is 17.9. The Balaban J connectivity index is 1.17. The van der Waals surface area contributed by atoms with Gasteiger partial charge in [0, 0.05) is 37.7 Å². The average molecular weight is 506 g/mol. The van der Waals surface area contributed by atoms with Crippen molar-refractivity contribution in [3.05, 3.63) is 54.0 Å². The number of ether oxygens (including phenoxy) is 2. The van der Waals surface area contributed by atoms with Gasteiger partial charge in [-0.15, -0.1) is 0 Å². The Labute approximate surface area is 217 Å². The van der Waals surface area contributed by atoms with Crippen LogP contribution in [0.15, 0.2) is 42.9 Å². The van der Waals surface area contributed by atoms with Crippen LogP contribution in [0, 0.1) is 6.92 Å². The highest BCUT2D eigenvalue weighted by atomic mass is 16.5. The highest BCUT2D eigenvalue weighted by Gasteiger charge is 2.31. The molecule has 2 aliphatic heterocycles. The summed E-state index contributed by atoms with van der Waals surface area (Å²) >= 11 is 0. The highest BCUT2D eigenvalue weighted by Crippen LogP contribution is 2.25. The van der Waals surface area contributed by atoms with Gasteiger partial charge in [0.1, 0.15) is 0 Å². The molecule has 10 nitrogen and oxygen atoms in total. The molecule has 37 heavy (non-hydrogen) atoms. The topological polar surface area (TPSA) is 106 Å². The number of aromatic nitrogens is 4. The zero-order valence-electron chi connectivity index (χ0n) is 21.7. The van der Waals surface area contributed by atoms with E-state index in [-0.39, 0.29) is 18.2 Å². The molecule has 0 atom stereocenters. The van der Waals surface area contributed by atoms with Gasteiger partial charge in [-0.1, -0.05) is 12.1 Å². The predicted octanol–water partition coefficient (Wildman–Crippen LogP) is 4.06. The smallest absolute Gasteiger partial charge is 0.317 e. The van der Waals surface area contributed by atoms with Crippen LogP contribution in [-0.2, 0) is 16.0 Å². The normalized spacial score (nSPS) is 16.6. The molecule has 5 rings (SSSR count). The van der Waals surface area contributed by atoms with Crippen molar-refractivity contribution in [2.24, 2.45) is 0 Å². The summed E-state index contributed by atoms with van der Waals surface area (Å²) in [7, 11) is 0. The van der Waals surface area contributed by atoms with E-state index < -0.39 is 0 Å². The molecular formula is C27H35N7O3. The lowest BCUT2D eigenvalue weighted by molar-refractivity contribution is -0.0641. The maximum absolute atomic E-state index is 12.4. The summed E-state index contributed by atoms with van der Waals surface area (Å²) in [6, 6.07) is 8.36. The molecular weight excluding hydrogens is 470 g/mol. The van der Waals surface area contributed by atoms with Gasteiger partial charge >= 0.3 is 6.03 Å². The first-order valence-electron chi connectivity index (χ1n) is 12.9. The fraction of sp³-hybridized carbons (Fsp3) is 0.481. The largest absolute Gasteiger partial charge is 0.381 e. The van der Waals surface area contributed by atoms with E-state index in [0.29, 0.717) is 31.6 Å². The van der Waals surface area contributed by atoms with Crippen LogP contribution in [0.4, 0.5) is 16.4 Å². The van der Waals surface area contributed by atoms with Gasteiger partial charge in [0.25, 0.3) is 0 Å². The molecule has 0 bridgehead atoms. The second-order valence-corrected chi connectivity index (χ2v) is 9.95. The summed E-state index contributed by atoms with van der Waals surface area (Å²) in [5.74, 6) is 0.521. The second-order valence-electron chi connectivity index (χ2n) is 9.95. The van der Waals surface area contributed by atoms with Crippen molar-refractivity contribution in [2.75, 3.05) is 31.6 Å². The lowest BCUT2D eigenvalue weighted by Gasteiger charge is -2.39. The minimum Gasteiger partial charge on any atom is -0.381 e. The van der Waals surface area contributed by atoms with E-state index in [4.69, 9.17) is 14.5 Å². The number of rotatable bonds is 8. The SMILES string of the molecule is Cc1cc(-c2ccnc(Nc3cnn(C4CCOCC4)c3)n2)ccc1CNC(=O)N1CC(OC(C)C)C1. The first-order valence-corrected chi connectivity index (χ1v) is 12.9. The number of anilines is 2. The molecule has 2 amide bonds. The van der Waals surface area contributed by atoms with Gasteiger partial charge < -0.3 is 25.0 Å². The van der Waals surface area contributed by atoms with E-state index in [1.54, 1.807) is 17.3 Å². The summed E-state index contributed by atoms with van der Waals surface area (Å²) in [6.07, 6.45) is 7.81. The van der Waals surface area contributed by atoms with E-state index in [1.807, 2.05) is 49.8 Å². The fourth-order valence-electron chi connectivity index (χ4n) is 4.67. The quantitative estimate of drug-likeness (QED) is 0.475. The number of carbonyl (C=O) groups is 1.